The molecule has 0 fully saturated rings. The van der Waals surface area contributed by atoms with Gasteiger partial charge in [-0.15, -0.1) is 0 Å². The smallest absolute Gasteiger partial charge is 0.309 e. The van der Waals surface area contributed by atoms with Crippen molar-refractivity contribution in [2.24, 2.45) is 0 Å². The summed E-state index contributed by atoms with van der Waals surface area (Å²) in [5.74, 6) is 0.0632. The maximum atomic E-state index is 11.5. The Balaban J connectivity index is 2.53. The molecule has 6 heteroatoms. The van der Waals surface area contributed by atoms with Gasteiger partial charge >= 0.3 is 5.97 Å². The Morgan fingerprint density at radius 2 is 1.90 bits per heavy atom. The maximum Gasteiger partial charge on any atom is 0.309 e. The lowest BCUT2D eigenvalue weighted by Gasteiger charge is -2.19. The Bertz CT molecular complexity index is 569. The number of ether oxygens (including phenoxy) is 2. The normalized spacial score (nSPS) is 12.0. The maximum absolute atomic E-state index is 11.5. The monoisotopic (exact) mass is 300 g/mol. The highest BCUT2D eigenvalue weighted by Gasteiger charge is 2.16. The summed E-state index contributed by atoms with van der Waals surface area (Å²) >= 11 is 0. The van der Waals surface area contributed by atoms with E-state index in [9.17, 15) is 13.2 Å². The number of carbonyl (C=O) groups is 1. The van der Waals surface area contributed by atoms with E-state index in [1.165, 1.54) is 12.1 Å². The van der Waals surface area contributed by atoms with Crippen LogP contribution in [0.3, 0.4) is 0 Å². The van der Waals surface area contributed by atoms with E-state index in [0.717, 1.165) is 6.26 Å². The predicted molar refractivity (Wildman–Crippen MR) is 75.5 cm³/mol. The van der Waals surface area contributed by atoms with Crippen LogP contribution in [-0.2, 0) is 19.4 Å². The van der Waals surface area contributed by atoms with Gasteiger partial charge in [-0.1, -0.05) is 6.07 Å². The zero-order chi connectivity index (χ0) is 15.4. The van der Waals surface area contributed by atoms with Crippen LogP contribution in [0.25, 0.3) is 0 Å². The zero-order valence-electron chi connectivity index (χ0n) is 12.2. The molecule has 1 rings (SSSR count). The molecule has 1 aromatic rings. The number of rotatable bonds is 5. The lowest BCUT2D eigenvalue weighted by atomic mass is 10.2. The Morgan fingerprint density at radius 1 is 1.25 bits per heavy atom. The molecule has 0 heterocycles. The third-order valence-corrected chi connectivity index (χ3v) is 3.34. The van der Waals surface area contributed by atoms with Crippen LogP contribution in [0, 0.1) is 0 Å². The molecular weight excluding hydrogens is 280 g/mol. The summed E-state index contributed by atoms with van der Waals surface area (Å²) in [5.41, 5.74) is -0.521. The van der Waals surface area contributed by atoms with Crippen LogP contribution in [-0.4, -0.2) is 32.9 Å². The third-order valence-electron chi connectivity index (χ3n) is 2.23. The molecule has 0 radical (unpaired) electrons. The zero-order valence-corrected chi connectivity index (χ0v) is 13.0. The van der Waals surface area contributed by atoms with E-state index >= 15 is 0 Å². The van der Waals surface area contributed by atoms with E-state index in [2.05, 4.69) is 0 Å². The highest BCUT2D eigenvalue weighted by atomic mass is 32.2. The van der Waals surface area contributed by atoms with Gasteiger partial charge in [-0.05, 0) is 39.0 Å². The first-order chi connectivity index (χ1) is 9.08. The highest BCUT2D eigenvalue weighted by Crippen LogP contribution is 2.17. The summed E-state index contributed by atoms with van der Waals surface area (Å²) in [4.78, 5) is 11.7. The lowest BCUT2D eigenvalue weighted by Crippen LogP contribution is -2.24. The second kappa shape index (κ2) is 6.26. The van der Waals surface area contributed by atoms with Crippen LogP contribution in [0.4, 0.5) is 0 Å². The van der Waals surface area contributed by atoms with E-state index in [1.807, 2.05) is 0 Å². The van der Waals surface area contributed by atoms with Crippen molar-refractivity contribution < 1.29 is 22.7 Å². The van der Waals surface area contributed by atoms with Crippen molar-refractivity contribution in [2.45, 2.75) is 37.7 Å². The van der Waals surface area contributed by atoms with E-state index in [1.54, 1.807) is 32.9 Å². The molecule has 20 heavy (non-hydrogen) atoms. The van der Waals surface area contributed by atoms with E-state index in [0.29, 0.717) is 5.75 Å². The summed E-state index contributed by atoms with van der Waals surface area (Å²) in [7, 11) is -3.26. The minimum atomic E-state index is -3.26. The van der Waals surface area contributed by atoms with Crippen molar-refractivity contribution in [1.29, 1.82) is 0 Å². The summed E-state index contributed by atoms with van der Waals surface area (Å²) in [6, 6.07) is 6.17. The quantitative estimate of drug-likeness (QED) is 0.780. The molecule has 0 aliphatic heterocycles. The van der Waals surface area contributed by atoms with Gasteiger partial charge in [0.1, 0.15) is 11.4 Å². The number of carbonyl (C=O) groups excluding carboxylic acids is 1. The lowest BCUT2D eigenvalue weighted by molar-refractivity contribution is -0.155. The second-order valence-corrected chi connectivity index (χ2v) is 7.45. The van der Waals surface area contributed by atoms with Crippen LogP contribution in [0.15, 0.2) is 29.2 Å². The molecule has 0 aliphatic carbocycles. The first-order valence-corrected chi connectivity index (χ1v) is 8.12. The van der Waals surface area contributed by atoms with E-state index < -0.39 is 15.4 Å². The van der Waals surface area contributed by atoms with Gasteiger partial charge in [-0.3, -0.25) is 4.79 Å². The van der Waals surface area contributed by atoms with Gasteiger partial charge in [-0.2, -0.15) is 0 Å². The van der Waals surface area contributed by atoms with Crippen molar-refractivity contribution in [3.05, 3.63) is 24.3 Å². The Kier molecular flexibility index (Phi) is 5.16. The van der Waals surface area contributed by atoms with Gasteiger partial charge in [0, 0.05) is 6.26 Å². The number of hydrogen-bond acceptors (Lipinski definition) is 5. The van der Waals surface area contributed by atoms with Crippen LogP contribution in [0.2, 0.25) is 0 Å². The Morgan fingerprint density at radius 3 is 2.45 bits per heavy atom. The minimum Gasteiger partial charge on any atom is -0.493 e. The SMILES string of the molecule is CC(C)(C)OC(=O)CCOc1cccc(S(C)(=O)=O)c1. The molecule has 0 N–H and O–H groups in total. The average Bonchev–Trinajstić information content (AvgIpc) is 2.25. The highest BCUT2D eigenvalue weighted by molar-refractivity contribution is 7.90. The van der Waals surface area contributed by atoms with Crippen molar-refractivity contribution >= 4 is 15.8 Å². The van der Waals surface area contributed by atoms with Crippen LogP contribution in [0.5, 0.6) is 5.75 Å². The van der Waals surface area contributed by atoms with Gasteiger partial charge in [0.15, 0.2) is 9.84 Å². The molecule has 0 saturated heterocycles. The fourth-order valence-electron chi connectivity index (χ4n) is 1.44. The largest absolute Gasteiger partial charge is 0.493 e. The second-order valence-electron chi connectivity index (χ2n) is 5.43. The molecule has 0 aliphatic rings. The predicted octanol–water partition coefficient (Wildman–Crippen LogP) is 2.20. The van der Waals surface area contributed by atoms with Crippen LogP contribution >= 0.6 is 0 Å². The molecule has 0 unspecified atom stereocenters. The molecule has 0 amide bonds. The first kappa shape index (κ1) is 16.5. The van der Waals surface area contributed by atoms with Gasteiger partial charge in [0.25, 0.3) is 0 Å². The fourth-order valence-corrected chi connectivity index (χ4v) is 2.10. The Hall–Kier alpha value is -1.56. The van der Waals surface area contributed by atoms with Gasteiger partial charge in [0.2, 0.25) is 0 Å². The molecular formula is C14H20O5S. The molecule has 0 spiro atoms. The third kappa shape index (κ3) is 6.06. The van der Waals surface area contributed by atoms with Gasteiger partial charge in [0.05, 0.1) is 17.9 Å². The summed E-state index contributed by atoms with van der Waals surface area (Å²) < 4.78 is 33.3. The minimum absolute atomic E-state index is 0.111. The molecule has 0 saturated carbocycles. The molecule has 112 valence electrons. The first-order valence-electron chi connectivity index (χ1n) is 6.23. The number of hydrogen-bond donors (Lipinski definition) is 0. The van der Waals surface area contributed by atoms with Crippen LogP contribution < -0.4 is 4.74 Å². The van der Waals surface area contributed by atoms with Gasteiger partial charge in [-0.25, -0.2) is 8.42 Å². The Labute approximate surface area is 119 Å². The summed E-state index contributed by atoms with van der Waals surface area (Å²) in [5, 5.41) is 0. The van der Waals surface area contributed by atoms with E-state index in [-0.39, 0.29) is 23.9 Å². The van der Waals surface area contributed by atoms with Crippen molar-refractivity contribution in [3.8, 4) is 5.75 Å². The summed E-state index contributed by atoms with van der Waals surface area (Å²) in [6.07, 6.45) is 1.24. The number of esters is 1. The molecule has 0 atom stereocenters. The van der Waals surface area contributed by atoms with Crippen molar-refractivity contribution in [2.75, 3.05) is 12.9 Å². The van der Waals surface area contributed by atoms with Crippen LogP contribution in [0.1, 0.15) is 27.2 Å². The van der Waals surface area contributed by atoms with E-state index in [4.69, 9.17) is 9.47 Å². The van der Waals surface area contributed by atoms with Crippen molar-refractivity contribution in [1.82, 2.24) is 0 Å². The summed E-state index contributed by atoms with van der Waals surface area (Å²) in [6.45, 7) is 5.52. The van der Waals surface area contributed by atoms with Gasteiger partial charge < -0.3 is 9.47 Å². The average molecular weight is 300 g/mol. The number of benzene rings is 1. The fraction of sp³-hybridized carbons (Fsp3) is 0.500. The molecule has 0 aromatic heterocycles. The number of sulfone groups is 1. The molecule has 5 nitrogen and oxygen atoms in total. The topological polar surface area (TPSA) is 69.7 Å². The molecule has 1 aromatic carbocycles. The molecule has 0 bridgehead atoms. The standard InChI is InChI=1S/C14H20O5S/c1-14(2,3)19-13(15)8-9-18-11-6-5-7-12(10-11)20(4,16)17/h5-7,10H,8-9H2,1-4H3. The van der Waals surface area contributed by atoms with Crippen molar-refractivity contribution in [3.63, 3.8) is 0 Å².